The molecule has 0 radical (unpaired) electrons. The van der Waals surface area contributed by atoms with Gasteiger partial charge in [0.2, 0.25) is 0 Å². The number of nitrogens with two attached hydrogens (primary N) is 2. The van der Waals surface area contributed by atoms with Gasteiger partial charge in [-0.05, 0) is 29.8 Å². The van der Waals surface area contributed by atoms with Crippen molar-refractivity contribution < 1.29 is 18.3 Å². The first kappa shape index (κ1) is 13.1. The number of benzene rings is 2. The monoisotopic (exact) mass is 268 g/mol. The molecule has 0 saturated heterocycles. The van der Waals surface area contributed by atoms with Gasteiger partial charge in [-0.3, -0.25) is 0 Å². The zero-order valence-electron chi connectivity index (χ0n) is 9.70. The van der Waals surface area contributed by atoms with Gasteiger partial charge in [0.05, 0.1) is 5.56 Å². The summed E-state index contributed by atoms with van der Waals surface area (Å²) < 4.78 is 38.9. The average molecular weight is 268 g/mol. The number of alkyl halides is 3. The SMILES string of the molecule is Nc1ccc(-c2ccc(N)cc2C(F)(F)F)c(O)c1. The van der Waals surface area contributed by atoms with Crippen LogP contribution >= 0.6 is 0 Å². The van der Waals surface area contributed by atoms with Crippen LogP contribution in [0.1, 0.15) is 5.56 Å². The van der Waals surface area contributed by atoms with Crippen molar-refractivity contribution in [2.45, 2.75) is 6.18 Å². The van der Waals surface area contributed by atoms with Crippen molar-refractivity contribution in [3.05, 3.63) is 42.0 Å². The summed E-state index contributed by atoms with van der Waals surface area (Å²) in [5, 5.41) is 9.73. The van der Waals surface area contributed by atoms with E-state index >= 15 is 0 Å². The molecule has 100 valence electrons. The fourth-order valence-corrected chi connectivity index (χ4v) is 1.81. The number of anilines is 2. The largest absolute Gasteiger partial charge is 0.507 e. The zero-order chi connectivity index (χ0) is 14.2. The van der Waals surface area contributed by atoms with Gasteiger partial charge in [0, 0.05) is 23.0 Å². The maximum absolute atomic E-state index is 13.0. The molecule has 0 aliphatic heterocycles. The van der Waals surface area contributed by atoms with Gasteiger partial charge in [-0.1, -0.05) is 6.07 Å². The molecule has 6 heteroatoms. The Bertz CT molecular complexity index is 624. The molecule has 0 heterocycles. The van der Waals surface area contributed by atoms with Crippen LogP contribution in [-0.2, 0) is 6.18 Å². The third kappa shape index (κ3) is 2.57. The molecule has 0 atom stereocenters. The molecule has 0 fully saturated rings. The van der Waals surface area contributed by atoms with Gasteiger partial charge in [-0.25, -0.2) is 0 Å². The van der Waals surface area contributed by atoms with Crippen molar-refractivity contribution in [3.63, 3.8) is 0 Å². The highest BCUT2D eigenvalue weighted by molar-refractivity contribution is 5.77. The molecule has 0 aliphatic carbocycles. The van der Waals surface area contributed by atoms with Crippen LogP contribution in [-0.4, -0.2) is 5.11 Å². The second-order valence-electron chi connectivity index (χ2n) is 4.08. The van der Waals surface area contributed by atoms with Crippen LogP contribution in [0.3, 0.4) is 0 Å². The summed E-state index contributed by atoms with van der Waals surface area (Å²) in [4.78, 5) is 0. The number of aromatic hydroxyl groups is 1. The van der Waals surface area contributed by atoms with Crippen molar-refractivity contribution in [2.75, 3.05) is 11.5 Å². The predicted octanol–water partition coefficient (Wildman–Crippen LogP) is 3.24. The van der Waals surface area contributed by atoms with Crippen molar-refractivity contribution in [3.8, 4) is 16.9 Å². The maximum atomic E-state index is 13.0. The Morgan fingerprint density at radius 1 is 0.842 bits per heavy atom. The summed E-state index contributed by atoms with van der Waals surface area (Å²) in [5.74, 6) is -0.310. The van der Waals surface area contributed by atoms with E-state index in [0.29, 0.717) is 0 Å². The van der Waals surface area contributed by atoms with E-state index in [0.717, 1.165) is 6.07 Å². The first-order valence-corrected chi connectivity index (χ1v) is 5.34. The predicted molar refractivity (Wildman–Crippen MR) is 67.4 cm³/mol. The second-order valence-corrected chi connectivity index (χ2v) is 4.08. The van der Waals surface area contributed by atoms with Crippen LogP contribution in [0.2, 0.25) is 0 Å². The second kappa shape index (κ2) is 4.38. The Labute approximate surface area is 107 Å². The summed E-state index contributed by atoms with van der Waals surface area (Å²) in [6, 6.07) is 7.37. The fraction of sp³-hybridized carbons (Fsp3) is 0.0769. The zero-order valence-corrected chi connectivity index (χ0v) is 9.70. The molecular weight excluding hydrogens is 257 g/mol. The van der Waals surface area contributed by atoms with Gasteiger partial charge in [0.15, 0.2) is 0 Å². The van der Waals surface area contributed by atoms with E-state index in [4.69, 9.17) is 11.5 Å². The number of hydrogen-bond acceptors (Lipinski definition) is 3. The smallest absolute Gasteiger partial charge is 0.417 e. The van der Waals surface area contributed by atoms with Gasteiger partial charge in [0.1, 0.15) is 5.75 Å². The summed E-state index contributed by atoms with van der Waals surface area (Å²) in [6.45, 7) is 0. The first-order valence-electron chi connectivity index (χ1n) is 5.34. The lowest BCUT2D eigenvalue weighted by Crippen LogP contribution is -2.08. The van der Waals surface area contributed by atoms with Crippen LogP contribution in [0.4, 0.5) is 24.5 Å². The minimum atomic E-state index is -4.56. The topological polar surface area (TPSA) is 72.3 Å². The fourth-order valence-electron chi connectivity index (χ4n) is 1.81. The summed E-state index contributed by atoms with van der Waals surface area (Å²) in [7, 11) is 0. The Morgan fingerprint density at radius 2 is 1.37 bits per heavy atom. The Balaban J connectivity index is 2.68. The van der Waals surface area contributed by atoms with Crippen LogP contribution in [0, 0.1) is 0 Å². The molecule has 0 amide bonds. The third-order valence-electron chi connectivity index (χ3n) is 2.66. The van der Waals surface area contributed by atoms with Crippen molar-refractivity contribution in [1.29, 1.82) is 0 Å². The molecule has 2 aromatic carbocycles. The molecule has 0 spiro atoms. The van der Waals surface area contributed by atoms with Gasteiger partial charge in [-0.2, -0.15) is 13.2 Å². The molecule has 19 heavy (non-hydrogen) atoms. The number of rotatable bonds is 1. The van der Waals surface area contributed by atoms with Gasteiger partial charge < -0.3 is 16.6 Å². The lowest BCUT2D eigenvalue weighted by molar-refractivity contribution is -0.137. The van der Waals surface area contributed by atoms with E-state index in [2.05, 4.69) is 0 Å². The quantitative estimate of drug-likeness (QED) is 0.695. The van der Waals surface area contributed by atoms with E-state index < -0.39 is 11.7 Å². The summed E-state index contributed by atoms with van der Waals surface area (Å²) >= 11 is 0. The van der Waals surface area contributed by atoms with Gasteiger partial charge in [0.25, 0.3) is 0 Å². The van der Waals surface area contributed by atoms with E-state index in [1.54, 1.807) is 0 Å². The minimum absolute atomic E-state index is 0.00556. The molecule has 0 aliphatic rings. The number of phenolic OH excluding ortho intramolecular Hbond substituents is 1. The van der Waals surface area contributed by atoms with Crippen LogP contribution in [0.25, 0.3) is 11.1 Å². The molecule has 3 nitrogen and oxygen atoms in total. The van der Waals surface area contributed by atoms with Crippen molar-refractivity contribution in [2.24, 2.45) is 0 Å². The van der Waals surface area contributed by atoms with Crippen LogP contribution < -0.4 is 11.5 Å². The van der Waals surface area contributed by atoms with Crippen molar-refractivity contribution in [1.82, 2.24) is 0 Å². The van der Waals surface area contributed by atoms with E-state index in [1.165, 1.54) is 30.3 Å². The molecule has 0 aromatic heterocycles. The summed E-state index contributed by atoms with van der Waals surface area (Å²) in [6.07, 6.45) is -4.56. The van der Waals surface area contributed by atoms with Crippen molar-refractivity contribution >= 4 is 11.4 Å². The normalized spacial score (nSPS) is 11.5. The Hall–Kier alpha value is -2.37. The molecule has 2 rings (SSSR count). The molecule has 0 bridgehead atoms. The molecule has 0 saturated carbocycles. The molecule has 2 aromatic rings. The highest BCUT2D eigenvalue weighted by Gasteiger charge is 2.34. The van der Waals surface area contributed by atoms with Crippen LogP contribution in [0.5, 0.6) is 5.75 Å². The lowest BCUT2D eigenvalue weighted by atomic mass is 9.97. The Morgan fingerprint density at radius 3 is 1.89 bits per heavy atom. The molecule has 0 unspecified atom stereocenters. The first-order chi connectivity index (χ1) is 8.79. The number of halogens is 3. The molecular formula is C13H11F3N2O. The summed E-state index contributed by atoms with van der Waals surface area (Å²) in [5.41, 5.74) is 10.1. The lowest BCUT2D eigenvalue weighted by Gasteiger charge is -2.15. The maximum Gasteiger partial charge on any atom is 0.417 e. The standard InChI is InChI=1S/C13H11F3N2O/c14-13(15,16)11-5-7(17)1-3-9(11)10-4-2-8(18)6-12(10)19/h1-6,19H,17-18H2. The minimum Gasteiger partial charge on any atom is -0.507 e. The van der Waals surface area contributed by atoms with E-state index in [9.17, 15) is 18.3 Å². The number of hydrogen-bond donors (Lipinski definition) is 3. The highest BCUT2D eigenvalue weighted by atomic mass is 19.4. The highest BCUT2D eigenvalue weighted by Crippen LogP contribution is 2.41. The number of nitrogen functional groups attached to an aromatic ring is 2. The van der Waals surface area contributed by atoms with Crippen LogP contribution in [0.15, 0.2) is 36.4 Å². The average Bonchev–Trinajstić information content (AvgIpc) is 2.28. The van der Waals surface area contributed by atoms with E-state index in [-0.39, 0.29) is 28.3 Å². The van der Waals surface area contributed by atoms with Gasteiger partial charge in [-0.15, -0.1) is 0 Å². The van der Waals surface area contributed by atoms with Gasteiger partial charge >= 0.3 is 6.18 Å². The molecule has 5 N–H and O–H groups in total. The third-order valence-corrected chi connectivity index (χ3v) is 2.66. The van der Waals surface area contributed by atoms with E-state index in [1.807, 2.05) is 0 Å². The number of phenols is 1. The Kier molecular flexibility index (Phi) is 3.01.